The van der Waals surface area contributed by atoms with Crippen molar-refractivity contribution >= 4 is 30.1 Å². The molecule has 0 radical (unpaired) electrons. The standard InChI is InChI=1S/C25H38N6O3/c1-5-13-31(7-3)29-12-11-28-30-24(25(32)6-2)17-21-9-8-10-22(16-21)19-27-20-23(18-26)34-15-14-33-4/h6,10,12,16,18-20,26,28H,2,5,7-9,11,13-15,17H2,1,3-4H3/b23-20+,26-18?,27-19?,29-12-,30-24-. The highest BCUT2D eigenvalue weighted by Gasteiger charge is 2.13. The van der Waals surface area contributed by atoms with E-state index in [1.807, 2.05) is 11.1 Å². The van der Waals surface area contributed by atoms with E-state index in [-0.39, 0.29) is 5.78 Å². The van der Waals surface area contributed by atoms with Crippen molar-refractivity contribution in [2.24, 2.45) is 15.2 Å². The largest absolute Gasteiger partial charge is 0.488 e. The van der Waals surface area contributed by atoms with Crippen LogP contribution in [0.4, 0.5) is 0 Å². The molecule has 0 saturated heterocycles. The second-order valence-electron chi connectivity index (χ2n) is 7.35. The van der Waals surface area contributed by atoms with Crippen LogP contribution in [-0.4, -0.2) is 75.1 Å². The molecule has 34 heavy (non-hydrogen) atoms. The molecule has 0 bridgehead atoms. The second kappa shape index (κ2) is 18.1. The van der Waals surface area contributed by atoms with Crippen LogP contribution in [0, 0.1) is 5.41 Å². The maximum atomic E-state index is 12.3. The van der Waals surface area contributed by atoms with Gasteiger partial charge in [0.05, 0.1) is 25.6 Å². The molecule has 0 fully saturated rings. The Morgan fingerprint density at radius 1 is 1.35 bits per heavy atom. The quantitative estimate of drug-likeness (QED) is 0.104. The topological polar surface area (TPSA) is 112 Å². The normalized spacial score (nSPS) is 14.7. The van der Waals surface area contributed by atoms with Crippen LogP contribution in [0.3, 0.4) is 0 Å². The first-order valence-electron chi connectivity index (χ1n) is 11.6. The van der Waals surface area contributed by atoms with Crippen LogP contribution in [0.2, 0.25) is 0 Å². The fraction of sp³-hybridized carbons (Fsp3) is 0.480. The highest BCUT2D eigenvalue weighted by Crippen LogP contribution is 2.20. The van der Waals surface area contributed by atoms with E-state index in [4.69, 9.17) is 14.9 Å². The molecule has 1 aliphatic rings. The second-order valence-corrected chi connectivity index (χ2v) is 7.35. The summed E-state index contributed by atoms with van der Waals surface area (Å²) >= 11 is 0. The number of carbonyl (C=O) groups is 1. The number of hydrogen-bond donors (Lipinski definition) is 2. The van der Waals surface area contributed by atoms with Crippen molar-refractivity contribution in [3.05, 3.63) is 47.9 Å². The van der Waals surface area contributed by atoms with Crippen LogP contribution in [0.25, 0.3) is 0 Å². The molecule has 0 heterocycles. The summed E-state index contributed by atoms with van der Waals surface area (Å²) < 4.78 is 10.3. The number of hydrogen-bond acceptors (Lipinski definition) is 9. The molecular formula is C25H38N6O3. The number of allylic oxidation sites excluding steroid dienone is 6. The molecule has 0 atom stereocenters. The van der Waals surface area contributed by atoms with Crippen LogP contribution < -0.4 is 5.43 Å². The summed E-state index contributed by atoms with van der Waals surface area (Å²) in [5.41, 5.74) is 5.34. The van der Waals surface area contributed by atoms with Crippen LogP contribution in [0.5, 0.6) is 0 Å². The molecule has 186 valence electrons. The third-order valence-corrected chi connectivity index (χ3v) is 4.69. The smallest absolute Gasteiger partial charge is 0.201 e. The van der Waals surface area contributed by atoms with Gasteiger partial charge in [0.15, 0.2) is 5.76 Å². The lowest BCUT2D eigenvalue weighted by Crippen LogP contribution is -2.21. The van der Waals surface area contributed by atoms with E-state index in [0.29, 0.717) is 37.7 Å². The van der Waals surface area contributed by atoms with Crippen LogP contribution in [0.1, 0.15) is 39.5 Å². The Balaban J connectivity index is 2.75. The molecular weight excluding hydrogens is 432 g/mol. The Labute approximate surface area is 203 Å². The van der Waals surface area contributed by atoms with Gasteiger partial charge in [-0.1, -0.05) is 31.2 Å². The molecule has 0 saturated carbocycles. The van der Waals surface area contributed by atoms with Crippen molar-refractivity contribution < 1.29 is 14.3 Å². The summed E-state index contributed by atoms with van der Waals surface area (Å²) in [7, 11) is 1.59. The summed E-state index contributed by atoms with van der Waals surface area (Å²) in [6.45, 7) is 10.7. The summed E-state index contributed by atoms with van der Waals surface area (Å²) in [5, 5.41) is 18.1. The summed E-state index contributed by atoms with van der Waals surface area (Å²) in [6.07, 6.45) is 14.6. The van der Waals surface area contributed by atoms with E-state index < -0.39 is 0 Å². The Morgan fingerprint density at radius 3 is 2.85 bits per heavy atom. The van der Waals surface area contributed by atoms with Crippen molar-refractivity contribution in [3.63, 3.8) is 0 Å². The van der Waals surface area contributed by atoms with Crippen molar-refractivity contribution in [2.75, 3.05) is 40.0 Å². The molecule has 2 N–H and O–H groups in total. The van der Waals surface area contributed by atoms with Gasteiger partial charge < -0.3 is 20.3 Å². The molecule has 0 unspecified atom stereocenters. The molecule has 9 nitrogen and oxygen atoms in total. The molecule has 0 aromatic carbocycles. The Bertz CT molecular complexity index is 840. The predicted molar refractivity (Wildman–Crippen MR) is 140 cm³/mol. The first-order valence-corrected chi connectivity index (χ1v) is 11.6. The minimum atomic E-state index is -0.206. The highest BCUT2D eigenvalue weighted by molar-refractivity contribution is 6.44. The number of methoxy groups -OCH3 is 1. The minimum Gasteiger partial charge on any atom is -0.488 e. The van der Waals surface area contributed by atoms with Gasteiger partial charge in [-0.25, -0.2) is 0 Å². The number of ether oxygens (including phenoxy) is 2. The van der Waals surface area contributed by atoms with E-state index >= 15 is 0 Å². The fourth-order valence-electron chi connectivity index (χ4n) is 2.98. The number of carbonyl (C=O) groups excluding carboxylic acids is 1. The Hall–Kier alpha value is -3.33. The molecule has 0 spiro atoms. The van der Waals surface area contributed by atoms with Gasteiger partial charge in [0, 0.05) is 39.0 Å². The average molecular weight is 471 g/mol. The lowest BCUT2D eigenvalue weighted by Gasteiger charge is -2.15. The predicted octanol–water partition coefficient (Wildman–Crippen LogP) is 3.67. The lowest BCUT2D eigenvalue weighted by molar-refractivity contribution is -0.109. The Kier molecular flexibility index (Phi) is 15.3. The zero-order chi connectivity index (χ0) is 25.0. The fourth-order valence-corrected chi connectivity index (χ4v) is 2.98. The van der Waals surface area contributed by atoms with Gasteiger partial charge in [0.25, 0.3) is 0 Å². The first-order chi connectivity index (χ1) is 16.6. The average Bonchev–Trinajstić information content (AvgIpc) is 2.86. The number of aliphatic imine (C=N–C) groups is 1. The minimum absolute atomic E-state index is 0.206. The van der Waals surface area contributed by atoms with Crippen LogP contribution in [0.15, 0.2) is 63.1 Å². The maximum Gasteiger partial charge on any atom is 0.201 e. The highest BCUT2D eigenvalue weighted by atomic mass is 16.5. The number of nitrogens with zero attached hydrogens (tertiary/aromatic N) is 4. The third-order valence-electron chi connectivity index (χ3n) is 4.69. The monoisotopic (exact) mass is 470 g/mol. The van der Waals surface area contributed by atoms with Gasteiger partial charge in [-0.3, -0.25) is 14.8 Å². The van der Waals surface area contributed by atoms with Crippen LogP contribution in [-0.2, 0) is 14.3 Å². The molecule has 0 aromatic heterocycles. The van der Waals surface area contributed by atoms with Crippen LogP contribution >= 0.6 is 0 Å². The van der Waals surface area contributed by atoms with Crippen molar-refractivity contribution in [1.82, 2.24) is 10.4 Å². The molecule has 0 aliphatic heterocycles. The molecule has 0 aromatic rings. The summed E-state index contributed by atoms with van der Waals surface area (Å²) in [4.78, 5) is 16.6. The zero-order valence-electron chi connectivity index (χ0n) is 20.6. The van der Waals surface area contributed by atoms with E-state index in [2.05, 4.69) is 47.1 Å². The number of nitrogens with one attached hydrogen (secondary N) is 2. The van der Waals surface area contributed by atoms with Crippen molar-refractivity contribution in [2.45, 2.75) is 39.5 Å². The van der Waals surface area contributed by atoms with E-state index in [9.17, 15) is 4.79 Å². The number of rotatable bonds is 18. The van der Waals surface area contributed by atoms with Gasteiger partial charge in [-0.05, 0) is 37.8 Å². The van der Waals surface area contributed by atoms with E-state index in [1.165, 1.54) is 12.3 Å². The molecule has 0 amide bonds. The lowest BCUT2D eigenvalue weighted by atomic mass is 9.94. The maximum absolute atomic E-state index is 12.3. The van der Waals surface area contributed by atoms with Crippen molar-refractivity contribution in [3.8, 4) is 0 Å². The third kappa shape index (κ3) is 12.1. The summed E-state index contributed by atoms with van der Waals surface area (Å²) in [5.74, 6) is 0.148. The molecule has 9 heteroatoms. The molecule has 1 rings (SSSR count). The summed E-state index contributed by atoms with van der Waals surface area (Å²) in [6, 6.07) is 0. The van der Waals surface area contributed by atoms with Gasteiger partial charge >= 0.3 is 0 Å². The Morgan fingerprint density at radius 2 is 2.18 bits per heavy atom. The zero-order valence-corrected chi connectivity index (χ0v) is 20.6. The van der Waals surface area contributed by atoms with Gasteiger partial charge in [-0.15, -0.1) is 0 Å². The van der Waals surface area contributed by atoms with Crippen molar-refractivity contribution in [1.29, 1.82) is 5.41 Å². The molecule has 1 aliphatic carbocycles. The van der Waals surface area contributed by atoms with Gasteiger partial charge in [0.2, 0.25) is 5.78 Å². The van der Waals surface area contributed by atoms with E-state index in [0.717, 1.165) is 49.7 Å². The van der Waals surface area contributed by atoms with Gasteiger partial charge in [0.1, 0.15) is 12.3 Å². The number of hydrazone groups is 2. The SMILES string of the molecule is C=CC(=O)/C(CC1=CC(C=N/C=C(\C=N)OCCOC)=CCC1)=N\NC/C=N\N(CC)CCC. The first kappa shape index (κ1) is 28.7. The van der Waals surface area contributed by atoms with E-state index in [1.54, 1.807) is 19.5 Å². The van der Waals surface area contributed by atoms with Gasteiger partial charge in [-0.2, -0.15) is 10.2 Å². The number of ketones is 1.